The number of hydrogen-bond donors (Lipinski definition) is 0. The first-order valence-corrected chi connectivity index (χ1v) is 9.72. The van der Waals surface area contributed by atoms with Gasteiger partial charge in [0.15, 0.2) is 0 Å². The van der Waals surface area contributed by atoms with Crippen LogP contribution in [0.3, 0.4) is 0 Å². The molecule has 140 valence electrons. The number of allylic oxidation sites excluding steroid dienone is 1. The maximum atomic E-state index is 12.9. The maximum Gasteiger partial charge on any atom is 0.387 e. The molecule has 6 nitrogen and oxygen atoms in total. The minimum Gasteiger partial charge on any atom is -0.435 e. The van der Waals surface area contributed by atoms with Gasteiger partial charge in [-0.05, 0) is 42.2 Å². The number of aryl methyl sites for hydroxylation is 1. The first-order chi connectivity index (χ1) is 12.4. The molecule has 1 fully saturated rings. The molecule has 1 aliphatic heterocycles. The lowest BCUT2D eigenvalue weighted by molar-refractivity contribution is -0.0498. The molecule has 1 heterocycles. The van der Waals surface area contributed by atoms with E-state index in [0.29, 0.717) is 56.0 Å². The van der Waals surface area contributed by atoms with Crippen molar-refractivity contribution in [2.75, 3.05) is 32.7 Å². The highest BCUT2D eigenvalue weighted by Crippen LogP contribution is 2.31. The van der Waals surface area contributed by atoms with Gasteiger partial charge in [-0.3, -0.25) is 4.90 Å². The van der Waals surface area contributed by atoms with E-state index in [1.165, 1.54) is 16.4 Å². The Morgan fingerprint density at radius 1 is 1.19 bits per heavy atom. The number of ether oxygens (including phenoxy) is 1. The number of piperazine rings is 1. The molecular weight excluding hydrogens is 364 g/mol. The molecule has 0 radical (unpaired) electrons. The maximum absolute atomic E-state index is 12.9. The highest BCUT2D eigenvalue weighted by atomic mass is 32.2. The molecule has 0 unspecified atom stereocenters. The minimum atomic E-state index is -3.56. The zero-order valence-corrected chi connectivity index (χ0v) is 14.9. The van der Waals surface area contributed by atoms with Crippen LogP contribution in [0.1, 0.15) is 17.5 Å². The highest BCUT2D eigenvalue weighted by Gasteiger charge is 2.31. The standard InChI is InChI=1S/C17H19F2N3O3S/c18-17(19)25-15-3-1-14-12-16(4-2-13(14)11-15)26(23,24)22-9-7-21(6-5-20)8-10-22/h1,3,11-12,17H,2,4,6-10H2. The SMILES string of the molecule is N#CCN1CCN(S(=O)(=O)C2=Cc3ccc(OC(F)F)cc3CC2)CC1. The van der Waals surface area contributed by atoms with Crippen molar-refractivity contribution in [1.29, 1.82) is 5.26 Å². The van der Waals surface area contributed by atoms with Gasteiger partial charge in [-0.15, -0.1) is 0 Å². The van der Waals surface area contributed by atoms with Crippen molar-refractivity contribution in [3.05, 3.63) is 34.2 Å². The van der Waals surface area contributed by atoms with E-state index in [1.807, 2.05) is 4.90 Å². The quantitative estimate of drug-likeness (QED) is 0.728. The summed E-state index contributed by atoms with van der Waals surface area (Å²) in [5.74, 6) is 0.0760. The molecule has 0 bridgehead atoms. The number of hydrogen-bond acceptors (Lipinski definition) is 5. The average Bonchev–Trinajstić information content (AvgIpc) is 2.61. The molecule has 2 aliphatic rings. The summed E-state index contributed by atoms with van der Waals surface area (Å²) in [6, 6.07) is 6.62. The number of sulfonamides is 1. The van der Waals surface area contributed by atoms with Gasteiger partial charge < -0.3 is 4.74 Å². The molecular formula is C17H19F2N3O3S. The van der Waals surface area contributed by atoms with E-state index in [2.05, 4.69) is 10.8 Å². The summed E-state index contributed by atoms with van der Waals surface area (Å²) in [7, 11) is -3.56. The average molecular weight is 383 g/mol. The van der Waals surface area contributed by atoms with Gasteiger partial charge in [0.2, 0.25) is 10.0 Å². The van der Waals surface area contributed by atoms with E-state index in [1.54, 1.807) is 12.1 Å². The van der Waals surface area contributed by atoms with E-state index in [0.717, 1.165) is 5.56 Å². The molecule has 0 aromatic heterocycles. The lowest BCUT2D eigenvalue weighted by Crippen LogP contribution is -2.48. The molecule has 0 atom stereocenters. The number of rotatable bonds is 5. The number of nitriles is 1. The third kappa shape index (κ3) is 4.03. The summed E-state index contributed by atoms with van der Waals surface area (Å²) in [6.07, 6.45) is 2.39. The van der Waals surface area contributed by atoms with Crippen molar-refractivity contribution < 1.29 is 21.9 Å². The van der Waals surface area contributed by atoms with Crippen molar-refractivity contribution in [1.82, 2.24) is 9.21 Å². The van der Waals surface area contributed by atoms with Gasteiger partial charge >= 0.3 is 6.61 Å². The third-order valence-corrected chi connectivity index (χ3v) is 6.62. The number of halogens is 2. The lowest BCUT2D eigenvalue weighted by Gasteiger charge is -2.33. The van der Waals surface area contributed by atoms with Crippen molar-refractivity contribution in [3.63, 3.8) is 0 Å². The topological polar surface area (TPSA) is 73.6 Å². The van der Waals surface area contributed by atoms with Gasteiger partial charge in [0.05, 0.1) is 17.5 Å². The molecule has 3 rings (SSSR count). The fourth-order valence-corrected chi connectivity index (χ4v) is 4.83. The molecule has 1 saturated heterocycles. The molecule has 1 aromatic rings. The summed E-state index contributed by atoms with van der Waals surface area (Å²) in [5.41, 5.74) is 1.50. The van der Waals surface area contributed by atoms with Crippen LogP contribution in [0.4, 0.5) is 8.78 Å². The van der Waals surface area contributed by atoms with Gasteiger partial charge in [-0.25, -0.2) is 8.42 Å². The normalized spacial score (nSPS) is 18.9. The number of benzene rings is 1. The van der Waals surface area contributed by atoms with Crippen LogP contribution in [0.25, 0.3) is 6.08 Å². The zero-order chi connectivity index (χ0) is 18.7. The summed E-state index contributed by atoms with van der Waals surface area (Å²) in [4.78, 5) is 2.25. The zero-order valence-electron chi connectivity index (χ0n) is 14.1. The Labute approximate surface area is 151 Å². The number of fused-ring (bicyclic) bond motifs is 1. The second-order valence-corrected chi connectivity index (χ2v) is 8.18. The van der Waals surface area contributed by atoms with Crippen LogP contribution in [0.2, 0.25) is 0 Å². The Morgan fingerprint density at radius 3 is 2.58 bits per heavy atom. The predicted molar refractivity (Wildman–Crippen MR) is 91.9 cm³/mol. The van der Waals surface area contributed by atoms with Gasteiger partial charge in [-0.2, -0.15) is 18.3 Å². The fraction of sp³-hybridized carbons (Fsp3) is 0.471. The van der Waals surface area contributed by atoms with Crippen LogP contribution >= 0.6 is 0 Å². The Kier molecular flexibility index (Phi) is 5.55. The molecule has 0 spiro atoms. The van der Waals surface area contributed by atoms with Crippen molar-refractivity contribution in [3.8, 4) is 11.8 Å². The summed E-state index contributed by atoms with van der Waals surface area (Å²) in [6.45, 7) is -0.809. The van der Waals surface area contributed by atoms with Gasteiger partial charge in [0.25, 0.3) is 0 Å². The van der Waals surface area contributed by atoms with Crippen LogP contribution in [-0.4, -0.2) is 57.0 Å². The van der Waals surface area contributed by atoms with Crippen LogP contribution in [0.15, 0.2) is 23.1 Å². The van der Waals surface area contributed by atoms with E-state index < -0.39 is 16.6 Å². The van der Waals surface area contributed by atoms with E-state index in [4.69, 9.17) is 5.26 Å². The Balaban J connectivity index is 1.76. The second kappa shape index (κ2) is 7.70. The van der Waals surface area contributed by atoms with Crippen LogP contribution < -0.4 is 4.74 Å². The Bertz CT molecular complexity index is 841. The second-order valence-electron chi connectivity index (χ2n) is 6.19. The van der Waals surface area contributed by atoms with Crippen molar-refractivity contribution >= 4 is 16.1 Å². The Hall–Kier alpha value is -2.02. The minimum absolute atomic E-state index is 0.0760. The third-order valence-electron chi connectivity index (χ3n) is 4.59. The number of nitrogens with zero attached hydrogens (tertiary/aromatic N) is 3. The van der Waals surface area contributed by atoms with Crippen molar-refractivity contribution in [2.24, 2.45) is 0 Å². The fourth-order valence-electron chi connectivity index (χ4n) is 3.22. The monoisotopic (exact) mass is 383 g/mol. The molecule has 1 aromatic carbocycles. The molecule has 26 heavy (non-hydrogen) atoms. The van der Waals surface area contributed by atoms with Crippen LogP contribution in [-0.2, 0) is 16.4 Å². The first kappa shape index (κ1) is 18.8. The Morgan fingerprint density at radius 2 is 1.92 bits per heavy atom. The molecule has 0 saturated carbocycles. The van der Waals surface area contributed by atoms with E-state index in [9.17, 15) is 17.2 Å². The van der Waals surface area contributed by atoms with E-state index in [-0.39, 0.29) is 5.75 Å². The van der Waals surface area contributed by atoms with E-state index >= 15 is 0 Å². The molecule has 1 aliphatic carbocycles. The summed E-state index contributed by atoms with van der Waals surface area (Å²) >= 11 is 0. The van der Waals surface area contributed by atoms with Crippen LogP contribution in [0, 0.1) is 11.3 Å². The molecule has 0 N–H and O–H groups in total. The largest absolute Gasteiger partial charge is 0.435 e. The van der Waals surface area contributed by atoms with Crippen LogP contribution in [0.5, 0.6) is 5.75 Å². The number of alkyl halides is 2. The first-order valence-electron chi connectivity index (χ1n) is 8.28. The highest BCUT2D eigenvalue weighted by molar-refractivity contribution is 7.93. The van der Waals surface area contributed by atoms with Gasteiger partial charge in [-0.1, -0.05) is 6.07 Å². The predicted octanol–water partition coefficient (Wildman–Crippen LogP) is 2.05. The van der Waals surface area contributed by atoms with Crippen molar-refractivity contribution in [2.45, 2.75) is 19.5 Å². The lowest BCUT2D eigenvalue weighted by atomic mass is 9.97. The van der Waals surface area contributed by atoms with Gasteiger partial charge in [0.1, 0.15) is 5.75 Å². The molecule has 9 heteroatoms. The summed E-state index contributed by atoms with van der Waals surface area (Å²) in [5, 5.41) is 8.73. The molecule has 0 amide bonds. The van der Waals surface area contributed by atoms with Gasteiger partial charge in [0, 0.05) is 26.2 Å². The smallest absolute Gasteiger partial charge is 0.387 e. The summed E-state index contributed by atoms with van der Waals surface area (Å²) < 4.78 is 56.2.